The van der Waals surface area contributed by atoms with Crippen molar-refractivity contribution in [1.29, 1.82) is 0 Å². The van der Waals surface area contributed by atoms with Crippen LogP contribution < -0.4 is 10.0 Å². The quantitative estimate of drug-likeness (QED) is 0.911. The smallest absolute Gasteiger partial charge is 0.265 e. The summed E-state index contributed by atoms with van der Waals surface area (Å²) in [5.41, 5.74) is 1.12. The third-order valence-electron chi connectivity index (χ3n) is 2.76. The van der Waals surface area contributed by atoms with Crippen LogP contribution in [0.2, 0.25) is 5.02 Å². The van der Waals surface area contributed by atoms with Gasteiger partial charge < -0.3 is 5.32 Å². The molecule has 0 unspecified atom stereocenters. The molecule has 2 N–H and O–H groups in total. The Morgan fingerprint density at radius 2 is 1.95 bits per heavy atom. The highest BCUT2D eigenvalue weighted by Crippen LogP contribution is 2.29. The topological polar surface area (TPSA) is 71.1 Å². The van der Waals surface area contributed by atoms with E-state index in [9.17, 15) is 8.42 Å². The first-order chi connectivity index (χ1) is 9.45. The van der Waals surface area contributed by atoms with Crippen LogP contribution in [-0.4, -0.2) is 20.4 Å². The van der Waals surface area contributed by atoms with Gasteiger partial charge in [-0.3, -0.25) is 4.72 Å². The number of sulfonamides is 1. The Bertz CT molecular complexity index is 712. The summed E-state index contributed by atoms with van der Waals surface area (Å²) in [5, 5.41) is 3.10. The molecule has 0 aliphatic heterocycles. The molecule has 0 saturated heterocycles. The lowest BCUT2D eigenvalue weighted by atomic mass is 10.2. The predicted molar refractivity (Wildman–Crippen MR) is 80.8 cm³/mol. The lowest BCUT2D eigenvalue weighted by Crippen LogP contribution is -2.16. The zero-order valence-electron chi connectivity index (χ0n) is 11.0. The summed E-state index contributed by atoms with van der Waals surface area (Å²) in [6, 6.07) is 8.22. The third kappa shape index (κ3) is 2.86. The highest BCUT2D eigenvalue weighted by molar-refractivity contribution is 7.92. The lowest BCUT2D eigenvalue weighted by Gasteiger charge is -2.13. The van der Waals surface area contributed by atoms with Crippen molar-refractivity contribution in [3.05, 3.63) is 47.1 Å². The summed E-state index contributed by atoms with van der Waals surface area (Å²) in [6.45, 7) is 1.78. The SMILES string of the molecule is CNc1ncccc1S(=O)(=O)Nc1c(C)cccc1Cl. The number of rotatable bonds is 4. The van der Waals surface area contributed by atoms with E-state index in [-0.39, 0.29) is 10.7 Å². The first kappa shape index (κ1) is 14.6. The van der Waals surface area contributed by atoms with Gasteiger partial charge in [-0.25, -0.2) is 13.4 Å². The zero-order chi connectivity index (χ0) is 14.8. The summed E-state index contributed by atoms with van der Waals surface area (Å²) >= 11 is 6.04. The second kappa shape index (κ2) is 5.68. The van der Waals surface area contributed by atoms with Crippen LogP contribution in [0.4, 0.5) is 11.5 Å². The molecular weight excluding hydrogens is 298 g/mol. The summed E-state index contributed by atoms with van der Waals surface area (Å²) in [5.74, 6) is 0.282. The molecule has 7 heteroatoms. The molecule has 2 aromatic rings. The fraction of sp³-hybridized carbons (Fsp3) is 0.154. The van der Waals surface area contributed by atoms with Crippen LogP contribution in [0.5, 0.6) is 0 Å². The maximum Gasteiger partial charge on any atom is 0.265 e. The Kier molecular flexibility index (Phi) is 4.15. The molecule has 2 rings (SSSR count). The molecule has 0 fully saturated rings. The number of anilines is 2. The summed E-state index contributed by atoms with van der Waals surface area (Å²) in [7, 11) is -2.15. The Labute approximate surface area is 123 Å². The van der Waals surface area contributed by atoms with Gasteiger partial charge in [0.25, 0.3) is 10.0 Å². The van der Waals surface area contributed by atoms with Crippen LogP contribution in [0.25, 0.3) is 0 Å². The number of halogens is 1. The first-order valence-electron chi connectivity index (χ1n) is 5.86. The number of nitrogens with one attached hydrogen (secondary N) is 2. The minimum Gasteiger partial charge on any atom is -0.372 e. The normalized spacial score (nSPS) is 11.2. The van der Waals surface area contributed by atoms with E-state index in [1.807, 2.05) is 0 Å². The summed E-state index contributed by atoms with van der Waals surface area (Å²) in [4.78, 5) is 4.06. The Morgan fingerprint density at radius 3 is 2.60 bits per heavy atom. The van der Waals surface area contributed by atoms with E-state index in [2.05, 4.69) is 15.0 Å². The van der Waals surface area contributed by atoms with Crippen molar-refractivity contribution in [1.82, 2.24) is 4.98 Å². The number of aromatic nitrogens is 1. The van der Waals surface area contributed by atoms with E-state index >= 15 is 0 Å². The highest BCUT2D eigenvalue weighted by Gasteiger charge is 2.20. The van der Waals surface area contributed by atoms with Crippen LogP contribution in [0.1, 0.15) is 5.56 Å². The van der Waals surface area contributed by atoms with Gasteiger partial charge in [0.15, 0.2) is 0 Å². The Hall–Kier alpha value is -1.79. The van der Waals surface area contributed by atoms with Crippen molar-refractivity contribution in [2.45, 2.75) is 11.8 Å². The van der Waals surface area contributed by atoms with E-state index in [1.165, 1.54) is 12.3 Å². The molecule has 0 radical (unpaired) electrons. The van der Waals surface area contributed by atoms with Gasteiger partial charge in [-0.2, -0.15) is 0 Å². The van der Waals surface area contributed by atoms with Crippen molar-refractivity contribution in [2.75, 3.05) is 17.1 Å². The number of pyridine rings is 1. The van der Waals surface area contributed by atoms with Gasteiger partial charge in [0.1, 0.15) is 10.7 Å². The van der Waals surface area contributed by atoms with Crippen molar-refractivity contribution >= 4 is 33.1 Å². The summed E-state index contributed by atoms with van der Waals surface area (Å²) < 4.78 is 27.4. The van der Waals surface area contributed by atoms with Gasteiger partial charge in [0.05, 0.1) is 10.7 Å². The largest absolute Gasteiger partial charge is 0.372 e. The van der Waals surface area contributed by atoms with Crippen molar-refractivity contribution in [3.63, 3.8) is 0 Å². The molecule has 1 heterocycles. The third-order valence-corrected chi connectivity index (χ3v) is 4.45. The van der Waals surface area contributed by atoms with E-state index in [1.54, 1.807) is 38.2 Å². The molecule has 106 valence electrons. The highest BCUT2D eigenvalue weighted by atomic mass is 35.5. The van der Waals surface area contributed by atoms with Crippen molar-refractivity contribution in [3.8, 4) is 0 Å². The van der Waals surface area contributed by atoms with Gasteiger partial charge in [-0.1, -0.05) is 23.7 Å². The van der Waals surface area contributed by atoms with Crippen molar-refractivity contribution in [2.24, 2.45) is 0 Å². The van der Waals surface area contributed by atoms with E-state index in [4.69, 9.17) is 11.6 Å². The van der Waals surface area contributed by atoms with Gasteiger partial charge in [0.2, 0.25) is 0 Å². The van der Waals surface area contributed by atoms with E-state index in [0.717, 1.165) is 5.56 Å². The fourth-order valence-corrected chi connectivity index (χ4v) is 3.39. The Balaban J connectivity index is 2.47. The maximum absolute atomic E-state index is 12.4. The second-order valence-electron chi connectivity index (χ2n) is 4.14. The minimum absolute atomic E-state index is 0.0711. The molecule has 0 bridgehead atoms. The van der Waals surface area contributed by atoms with Crippen LogP contribution in [0, 0.1) is 6.92 Å². The molecule has 0 aliphatic carbocycles. The summed E-state index contributed by atoms with van der Waals surface area (Å²) in [6.07, 6.45) is 1.52. The first-order valence-corrected chi connectivity index (χ1v) is 7.72. The average molecular weight is 312 g/mol. The molecule has 1 aromatic carbocycles. The average Bonchev–Trinajstić information content (AvgIpc) is 2.43. The van der Waals surface area contributed by atoms with Gasteiger partial charge in [-0.05, 0) is 30.7 Å². The lowest BCUT2D eigenvalue weighted by molar-refractivity contribution is 0.601. The van der Waals surface area contributed by atoms with Crippen LogP contribution in [0.3, 0.4) is 0 Å². The molecule has 1 aromatic heterocycles. The number of para-hydroxylation sites is 1. The number of aryl methyl sites for hydroxylation is 1. The van der Waals surface area contributed by atoms with Gasteiger partial charge >= 0.3 is 0 Å². The van der Waals surface area contributed by atoms with E-state index < -0.39 is 10.0 Å². The molecule has 20 heavy (non-hydrogen) atoms. The van der Waals surface area contributed by atoms with Crippen LogP contribution >= 0.6 is 11.6 Å². The van der Waals surface area contributed by atoms with Gasteiger partial charge in [-0.15, -0.1) is 0 Å². The standard InChI is InChI=1S/C13H14ClN3O2S/c1-9-5-3-6-10(14)12(9)17-20(18,19)11-7-4-8-16-13(11)15-2/h3-8,17H,1-2H3,(H,15,16). The Morgan fingerprint density at radius 1 is 1.20 bits per heavy atom. The molecule has 0 atom stereocenters. The zero-order valence-corrected chi connectivity index (χ0v) is 12.6. The minimum atomic E-state index is -3.76. The predicted octanol–water partition coefficient (Wildman–Crippen LogP) is 2.89. The molecule has 5 nitrogen and oxygen atoms in total. The number of hydrogen-bond acceptors (Lipinski definition) is 4. The number of nitrogens with zero attached hydrogens (tertiary/aromatic N) is 1. The van der Waals surface area contributed by atoms with Gasteiger partial charge in [0, 0.05) is 13.2 Å². The van der Waals surface area contributed by atoms with E-state index in [0.29, 0.717) is 10.7 Å². The number of hydrogen-bond donors (Lipinski definition) is 2. The second-order valence-corrected chi connectivity index (χ2v) is 6.20. The number of benzene rings is 1. The molecule has 0 aliphatic rings. The molecule has 0 amide bonds. The monoisotopic (exact) mass is 311 g/mol. The molecule has 0 saturated carbocycles. The molecule has 0 spiro atoms. The maximum atomic E-state index is 12.4. The fourth-order valence-electron chi connectivity index (χ4n) is 1.75. The van der Waals surface area contributed by atoms with Crippen molar-refractivity contribution < 1.29 is 8.42 Å². The van der Waals surface area contributed by atoms with Crippen LogP contribution in [0.15, 0.2) is 41.4 Å². The van der Waals surface area contributed by atoms with Crippen LogP contribution in [-0.2, 0) is 10.0 Å². The molecular formula is C13H14ClN3O2S.